The number of carbonyl (C=O) groups is 1. The Morgan fingerprint density at radius 1 is 1.22 bits per heavy atom. The van der Waals surface area contributed by atoms with Crippen LogP contribution in [0.1, 0.15) is 5.76 Å². The molecular weight excluding hydrogens is 361 g/mol. The fourth-order valence-electron chi connectivity index (χ4n) is 2.40. The summed E-state index contributed by atoms with van der Waals surface area (Å²) in [6.45, 7) is 3.64. The van der Waals surface area contributed by atoms with E-state index >= 15 is 0 Å². The molecule has 0 atom stereocenters. The molecule has 1 aromatic heterocycles. The topological polar surface area (TPSA) is 56.2 Å². The predicted octanol–water partition coefficient (Wildman–Crippen LogP) is 4.59. The van der Waals surface area contributed by atoms with E-state index in [-0.39, 0.29) is 17.8 Å². The minimum absolute atomic E-state index is 0.254. The van der Waals surface area contributed by atoms with Crippen molar-refractivity contribution in [1.29, 1.82) is 0 Å². The highest BCUT2D eigenvalue weighted by atomic mass is 79.9. The zero-order valence-electron chi connectivity index (χ0n) is 12.1. The highest BCUT2D eigenvalue weighted by Gasteiger charge is 2.13. The molecule has 0 aliphatic heterocycles. The van der Waals surface area contributed by atoms with Gasteiger partial charge in [-0.3, -0.25) is 4.79 Å². The van der Waals surface area contributed by atoms with Gasteiger partial charge in [-0.05, 0) is 35.9 Å². The summed E-state index contributed by atoms with van der Waals surface area (Å²) in [5, 5.41) is 0.881. The molecule has 116 valence electrons. The molecular formula is C18H13BrFNO2. The van der Waals surface area contributed by atoms with Crippen LogP contribution in [0.3, 0.4) is 0 Å². The van der Waals surface area contributed by atoms with E-state index in [0.717, 1.165) is 21.0 Å². The van der Waals surface area contributed by atoms with Crippen LogP contribution in [0, 0.1) is 5.82 Å². The molecule has 2 aromatic carbocycles. The molecule has 1 amide bonds. The largest absolute Gasteiger partial charge is 0.460 e. The summed E-state index contributed by atoms with van der Waals surface area (Å²) in [5.74, 6) is -0.242. The molecule has 0 aliphatic carbocycles. The van der Waals surface area contributed by atoms with Crippen LogP contribution in [0.25, 0.3) is 22.1 Å². The second-order valence-electron chi connectivity index (χ2n) is 5.24. The van der Waals surface area contributed by atoms with Crippen LogP contribution in [0.5, 0.6) is 0 Å². The van der Waals surface area contributed by atoms with E-state index in [9.17, 15) is 9.18 Å². The van der Waals surface area contributed by atoms with Gasteiger partial charge in [0.05, 0.1) is 0 Å². The third-order valence-electron chi connectivity index (χ3n) is 3.52. The Morgan fingerprint density at radius 2 is 1.91 bits per heavy atom. The molecule has 2 N–H and O–H groups in total. The van der Waals surface area contributed by atoms with Crippen molar-refractivity contribution in [2.24, 2.45) is 5.73 Å². The third-order valence-corrected chi connectivity index (χ3v) is 3.98. The second-order valence-corrected chi connectivity index (χ2v) is 6.15. The van der Waals surface area contributed by atoms with Crippen LogP contribution < -0.4 is 5.73 Å². The molecule has 3 aromatic rings. The van der Waals surface area contributed by atoms with E-state index in [0.29, 0.717) is 11.3 Å². The van der Waals surface area contributed by atoms with Crippen LogP contribution in [-0.2, 0) is 11.2 Å². The maximum atomic E-state index is 13.1. The van der Waals surface area contributed by atoms with Gasteiger partial charge in [-0.1, -0.05) is 34.6 Å². The SMILES string of the molecule is C=C(Cc1cc2cc(Br)cc(-c3ccc(F)cc3)c2o1)C(N)=O. The van der Waals surface area contributed by atoms with E-state index in [2.05, 4.69) is 22.5 Å². The van der Waals surface area contributed by atoms with E-state index in [4.69, 9.17) is 10.2 Å². The zero-order valence-corrected chi connectivity index (χ0v) is 13.7. The Labute approximate surface area is 140 Å². The summed E-state index contributed by atoms with van der Waals surface area (Å²) in [4.78, 5) is 11.1. The van der Waals surface area contributed by atoms with Gasteiger partial charge in [0.25, 0.3) is 0 Å². The smallest absolute Gasteiger partial charge is 0.244 e. The number of amides is 1. The second kappa shape index (κ2) is 6.01. The molecule has 0 bridgehead atoms. The molecule has 0 aliphatic rings. The van der Waals surface area contributed by atoms with Crippen LogP contribution in [0.2, 0.25) is 0 Å². The van der Waals surface area contributed by atoms with E-state index in [1.165, 1.54) is 12.1 Å². The number of carbonyl (C=O) groups excluding carboxylic acids is 1. The molecule has 1 heterocycles. The first-order chi connectivity index (χ1) is 10.9. The number of fused-ring (bicyclic) bond motifs is 1. The first kappa shape index (κ1) is 15.5. The Bertz CT molecular complexity index is 913. The lowest BCUT2D eigenvalue weighted by Gasteiger charge is -2.04. The fraction of sp³-hybridized carbons (Fsp3) is 0.0556. The van der Waals surface area contributed by atoms with Crippen molar-refractivity contribution in [3.8, 4) is 11.1 Å². The number of hydrogen-bond donors (Lipinski definition) is 1. The van der Waals surface area contributed by atoms with Crippen molar-refractivity contribution >= 4 is 32.8 Å². The minimum atomic E-state index is -0.551. The van der Waals surface area contributed by atoms with Gasteiger partial charge in [0.15, 0.2) is 0 Å². The molecule has 0 fully saturated rings. The first-order valence-corrected chi connectivity index (χ1v) is 7.69. The van der Waals surface area contributed by atoms with Crippen LogP contribution in [0.4, 0.5) is 4.39 Å². The maximum absolute atomic E-state index is 13.1. The number of halogens is 2. The molecule has 0 saturated heterocycles. The number of rotatable bonds is 4. The van der Waals surface area contributed by atoms with Gasteiger partial charge in [-0.2, -0.15) is 0 Å². The van der Waals surface area contributed by atoms with Gasteiger partial charge in [0.2, 0.25) is 5.91 Å². The lowest BCUT2D eigenvalue weighted by molar-refractivity contribution is -0.114. The van der Waals surface area contributed by atoms with Gasteiger partial charge in [0.1, 0.15) is 17.2 Å². The Hall–Kier alpha value is -2.40. The molecule has 3 rings (SSSR count). The fourth-order valence-corrected chi connectivity index (χ4v) is 2.87. The number of hydrogen-bond acceptors (Lipinski definition) is 2. The molecule has 5 heteroatoms. The molecule has 0 unspecified atom stereocenters. The predicted molar refractivity (Wildman–Crippen MR) is 91.3 cm³/mol. The number of nitrogens with two attached hydrogens (primary N) is 1. The van der Waals surface area contributed by atoms with Crippen molar-refractivity contribution in [2.45, 2.75) is 6.42 Å². The van der Waals surface area contributed by atoms with Gasteiger partial charge in [-0.25, -0.2) is 4.39 Å². The maximum Gasteiger partial charge on any atom is 0.244 e. The number of primary amides is 1. The Kier molecular flexibility index (Phi) is 4.05. The highest BCUT2D eigenvalue weighted by molar-refractivity contribution is 9.10. The molecule has 0 spiro atoms. The lowest BCUT2D eigenvalue weighted by Crippen LogP contribution is -2.14. The van der Waals surface area contributed by atoms with Gasteiger partial charge in [-0.15, -0.1) is 0 Å². The Balaban J connectivity index is 2.11. The van der Waals surface area contributed by atoms with Crippen molar-refractivity contribution in [3.05, 3.63) is 70.7 Å². The van der Waals surface area contributed by atoms with Crippen molar-refractivity contribution in [2.75, 3.05) is 0 Å². The normalized spacial score (nSPS) is 10.9. The van der Waals surface area contributed by atoms with Gasteiger partial charge < -0.3 is 10.2 Å². The summed E-state index contributed by atoms with van der Waals surface area (Å²) in [7, 11) is 0. The monoisotopic (exact) mass is 373 g/mol. The van der Waals surface area contributed by atoms with Crippen molar-refractivity contribution in [3.63, 3.8) is 0 Å². The molecule has 23 heavy (non-hydrogen) atoms. The lowest BCUT2D eigenvalue weighted by atomic mass is 10.0. The van der Waals surface area contributed by atoms with Crippen LogP contribution in [-0.4, -0.2) is 5.91 Å². The van der Waals surface area contributed by atoms with Crippen molar-refractivity contribution < 1.29 is 13.6 Å². The van der Waals surface area contributed by atoms with Crippen LogP contribution in [0.15, 0.2) is 63.5 Å². The number of furan rings is 1. The van der Waals surface area contributed by atoms with Crippen LogP contribution >= 0.6 is 15.9 Å². The summed E-state index contributed by atoms with van der Waals surface area (Å²) in [6.07, 6.45) is 0.254. The molecule has 0 radical (unpaired) electrons. The minimum Gasteiger partial charge on any atom is -0.460 e. The van der Waals surface area contributed by atoms with Gasteiger partial charge in [0, 0.05) is 27.4 Å². The van der Waals surface area contributed by atoms with E-state index < -0.39 is 5.91 Å². The van der Waals surface area contributed by atoms with E-state index in [1.54, 1.807) is 12.1 Å². The van der Waals surface area contributed by atoms with Crippen molar-refractivity contribution in [1.82, 2.24) is 0 Å². The average Bonchev–Trinajstić information content (AvgIpc) is 2.89. The number of benzene rings is 2. The summed E-state index contributed by atoms with van der Waals surface area (Å²) < 4.78 is 19.9. The summed E-state index contributed by atoms with van der Waals surface area (Å²) >= 11 is 3.47. The highest BCUT2D eigenvalue weighted by Crippen LogP contribution is 2.34. The third kappa shape index (κ3) is 3.19. The standard InChI is InChI=1S/C18H13BrFNO2/c1-10(18(21)22)6-15-8-12-7-13(19)9-16(17(12)23-15)11-2-4-14(20)5-3-11/h2-5,7-9H,1,6H2,(H2,21,22). The first-order valence-electron chi connectivity index (χ1n) is 6.89. The Morgan fingerprint density at radius 3 is 2.57 bits per heavy atom. The zero-order chi connectivity index (χ0) is 16.6. The molecule has 0 saturated carbocycles. The van der Waals surface area contributed by atoms with E-state index in [1.807, 2.05) is 18.2 Å². The van der Waals surface area contributed by atoms with Gasteiger partial charge >= 0.3 is 0 Å². The quantitative estimate of drug-likeness (QED) is 0.680. The average molecular weight is 374 g/mol. The summed E-state index contributed by atoms with van der Waals surface area (Å²) in [5.41, 5.74) is 7.85. The summed E-state index contributed by atoms with van der Waals surface area (Å²) in [6, 6.07) is 11.9. The molecule has 3 nitrogen and oxygen atoms in total.